The van der Waals surface area contributed by atoms with Crippen LogP contribution in [0.4, 0.5) is 0 Å². The number of carbonyl (C=O) groups is 1. The van der Waals surface area contributed by atoms with Crippen molar-refractivity contribution in [3.8, 4) is 0 Å². The molecular formula is C13H27NO3. The van der Waals surface area contributed by atoms with E-state index in [1.807, 2.05) is 6.92 Å². The van der Waals surface area contributed by atoms with Crippen molar-refractivity contribution in [2.75, 3.05) is 19.8 Å². The van der Waals surface area contributed by atoms with E-state index in [2.05, 4.69) is 19.2 Å². The highest BCUT2D eigenvalue weighted by molar-refractivity contribution is 5.69. The number of ether oxygens (including phenoxy) is 1. The predicted octanol–water partition coefficient (Wildman–Crippen LogP) is 1.72. The molecule has 102 valence electrons. The van der Waals surface area contributed by atoms with E-state index in [4.69, 9.17) is 9.84 Å². The van der Waals surface area contributed by atoms with Crippen molar-refractivity contribution in [1.82, 2.24) is 5.32 Å². The summed E-state index contributed by atoms with van der Waals surface area (Å²) in [5.41, 5.74) is 0. The van der Waals surface area contributed by atoms with E-state index in [9.17, 15) is 4.79 Å². The zero-order valence-electron chi connectivity index (χ0n) is 11.4. The van der Waals surface area contributed by atoms with E-state index < -0.39 is 0 Å². The molecule has 0 bridgehead atoms. The molecule has 4 nitrogen and oxygen atoms in total. The van der Waals surface area contributed by atoms with Crippen LogP contribution in [0.25, 0.3) is 0 Å². The van der Waals surface area contributed by atoms with Crippen LogP contribution in [-0.4, -0.2) is 36.9 Å². The smallest absolute Gasteiger partial charge is 0.305 e. The van der Waals surface area contributed by atoms with Gasteiger partial charge >= 0.3 is 5.97 Å². The summed E-state index contributed by atoms with van der Waals surface area (Å²) in [7, 11) is 0. The quantitative estimate of drug-likeness (QED) is 0.454. The zero-order valence-corrected chi connectivity index (χ0v) is 11.4. The summed E-state index contributed by atoms with van der Waals surface area (Å²) in [6, 6.07) is 0.181. The fourth-order valence-corrected chi connectivity index (χ4v) is 1.60. The maximum absolute atomic E-state index is 11.0. The number of hydrogen-bond donors (Lipinski definition) is 2. The molecule has 0 heterocycles. The summed E-state index contributed by atoms with van der Waals surface area (Å²) in [6.07, 6.45) is 3.44. The SMILES string of the molecule is CCOC(=O)CCCCCN[C@H](CO)C(C)C. The molecule has 0 aromatic carbocycles. The van der Waals surface area contributed by atoms with Crippen LogP contribution in [0, 0.1) is 5.92 Å². The van der Waals surface area contributed by atoms with E-state index in [0.717, 1.165) is 25.8 Å². The highest BCUT2D eigenvalue weighted by Gasteiger charge is 2.10. The molecule has 0 saturated heterocycles. The molecule has 17 heavy (non-hydrogen) atoms. The van der Waals surface area contributed by atoms with E-state index in [-0.39, 0.29) is 18.6 Å². The number of rotatable bonds is 10. The number of carbonyl (C=O) groups excluding carboxylic acids is 1. The van der Waals surface area contributed by atoms with Gasteiger partial charge in [0, 0.05) is 12.5 Å². The summed E-state index contributed by atoms with van der Waals surface area (Å²) in [4.78, 5) is 11.0. The fraction of sp³-hybridized carbons (Fsp3) is 0.923. The third-order valence-electron chi connectivity index (χ3n) is 2.77. The van der Waals surface area contributed by atoms with Gasteiger partial charge in [-0.25, -0.2) is 0 Å². The van der Waals surface area contributed by atoms with Gasteiger partial charge in [0.2, 0.25) is 0 Å². The third-order valence-corrected chi connectivity index (χ3v) is 2.77. The van der Waals surface area contributed by atoms with E-state index in [0.29, 0.717) is 18.9 Å². The average Bonchev–Trinajstić information content (AvgIpc) is 2.28. The maximum Gasteiger partial charge on any atom is 0.305 e. The first-order valence-corrected chi connectivity index (χ1v) is 6.61. The van der Waals surface area contributed by atoms with Gasteiger partial charge in [-0.3, -0.25) is 4.79 Å². The van der Waals surface area contributed by atoms with Gasteiger partial charge in [-0.15, -0.1) is 0 Å². The molecule has 4 heteroatoms. The molecule has 0 spiro atoms. The average molecular weight is 245 g/mol. The molecule has 0 aliphatic carbocycles. The number of unbranched alkanes of at least 4 members (excludes halogenated alkanes) is 2. The molecule has 0 aromatic rings. The largest absolute Gasteiger partial charge is 0.466 e. The van der Waals surface area contributed by atoms with Crippen LogP contribution in [0.3, 0.4) is 0 Å². The molecule has 0 aliphatic rings. The van der Waals surface area contributed by atoms with Crippen LogP contribution in [0.5, 0.6) is 0 Å². The minimum absolute atomic E-state index is 0.101. The second-order valence-electron chi connectivity index (χ2n) is 4.60. The molecule has 0 aromatic heterocycles. The number of aliphatic hydroxyl groups excluding tert-OH is 1. The first-order valence-electron chi connectivity index (χ1n) is 6.61. The van der Waals surface area contributed by atoms with Gasteiger partial charge in [-0.1, -0.05) is 20.3 Å². The van der Waals surface area contributed by atoms with Crippen LogP contribution >= 0.6 is 0 Å². The van der Waals surface area contributed by atoms with Crippen molar-refractivity contribution in [3.63, 3.8) is 0 Å². The Morgan fingerprint density at radius 3 is 2.53 bits per heavy atom. The standard InChI is InChI=1S/C13H27NO3/c1-4-17-13(16)8-6-5-7-9-14-12(10-15)11(2)3/h11-12,14-15H,4-10H2,1-3H3/t12-/m1/s1. The molecule has 2 N–H and O–H groups in total. The second kappa shape index (κ2) is 10.5. The monoisotopic (exact) mass is 245 g/mol. The van der Waals surface area contributed by atoms with Gasteiger partial charge in [0.15, 0.2) is 0 Å². The Bertz CT molecular complexity index is 195. The maximum atomic E-state index is 11.0. The van der Waals surface area contributed by atoms with Crippen LogP contribution in [-0.2, 0) is 9.53 Å². The van der Waals surface area contributed by atoms with Gasteiger partial charge < -0.3 is 15.2 Å². The zero-order chi connectivity index (χ0) is 13.1. The molecule has 0 saturated carbocycles. The lowest BCUT2D eigenvalue weighted by Crippen LogP contribution is -2.37. The lowest BCUT2D eigenvalue weighted by molar-refractivity contribution is -0.143. The Morgan fingerprint density at radius 1 is 1.29 bits per heavy atom. The Labute approximate surface area is 105 Å². The van der Waals surface area contributed by atoms with Crippen LogP contribution in [0.1, 0.15) is 46.5 Å². The van der Waals surface area contributed by atoms with E-state index in [1.54, 1.807) is 0 Å². The van der Waals surface area contributed by atoms with Gasteiger partial charge in [0.05, 0.1) is 13.2 Å². The van der Waals surface area contributed by atoms with Crippen LogP contribution < -0.4 is 5.32 Å². The minimum atomic E-state index is -0.101. The highest BCUT2D eigenvalue weighted by Crippen LogP contribution is 2.03. The summed E-state index contributed by atoms with van der Waals surface area (Å²) in [5.74, 6) is 0.343. The first-order chi connectivity index (χ1) is 8.11. The molecule has 0 rings (SSSR count). The van der Waals surface area contributed by atoms with Crippen molar-refractivity contribution in [3.05, 3.63) is 0 Å². The summed E-state index contributed by atoms with van der Waals surface area (Å²) in [6.45, 7) is 7.55. The second-order valence-corrected chi connectivity index (χ2v) is 4.60. The number of hydrogen-bond acceptors (Lipinski definition) is 4. The van der Waals surface area contributed by atoms with Crippen molar-refractivity contribution in [2.45, 2.75) is 52.5 Å². The van der Waals surface area contributed by atoms with Gasteiger partial charge in [0.25, 0.3) is 0 Å². The van der Waals surface area contributed by atoms with E-state index >= 15 is 0 Å². The Balaban J connectivity index is 3.37. The Morgan fingerprint density at radius 2 is 2.00 bits per heavy atom. The van der Waals surface area contributed by atoms with Crippen molar-refractivity contribution >= 4 is 5.97 Å². The normalized spacial score (nSPS) is 12.8. The fourth-order valence-electron chi connectivity index (χ4n) is 1.60. The lowest BCUT2D eigenvalue weighted by atomic mass is 10.1. The summed E-state index contributed by atoms with van der Waals surface area (Å²) < 4.78 is 4.85. The molecule has 0 aliphatic heterocycles. The molecule has 0 amide bonds. The van der Waals surface area contributed by atoms with Crippen LogP contribution in [0.2, 0.25) is 0 Å². The van der Waals surface area contributed by atoms with Crippen molar-refractivity contribution in [2.24, 2.45) is 5.92 Å². The molecule has 0 unspecified atom stereocenters. The first kappa shape index (κ1) is 16.4. The van der Waals surface area contributed by atoms with Crippen molar-refractivity contribution in [1.29, 1.82) is 0 Å². The van der Waals surface area contributed by atoms with Crippen molar-refractivity contribution < 1.29 is 14.6 Å². The lowest BCUT2D eigenvalue weighted by Gasteiger charge is -2.19. The summed E-state index contributed by atoms with van der Waals surface area (Å²) in [5, 5.41) is 12.4. The molecule has 1 atom stereocenters. The molecular weight excluding hydrogens is 218 g/mol. The topological polar surface area (TPSA) is 58.6 Å². The summed E-state index contributed by atoms with van der Waals surface area (Å²) >= 11 is 0. The molecule has 0 radical (unpaired) electrons. The van der Waals surface area contributed by atoms with E-state index in [1.165, 1.54) is 0 Å². The third kappa shape index (κ3) is 9.12. The van der Waals surface area contributed by atoms with Gasteiger partial charge in [-0.05, 0) is 32.2 Å². The van der Waals surface area contributed by atoms with Gasteiger partial charge in [-0.2, -0.15) is 0 Å². The highest BCUT2D eigenvalue weighted by atomic mass is 16.5. The number of nitrogens with one attached hydrogen (secondary N) is 1. The van der Waals surface area contributed by atoms with Crippen LogP contribution in [0.15, 0.2) is 0 Å². The minimum Gasteiger partial charge on any atom is -0.466 e. The molecule has 0 fully saturated rings. The Kier molecular flexibility index (Phi) is 10.2. The number of esters is 1. The van der Waals surface area contributed by atoms with Gasteiger partial charge in [0.1, 0.15) is 0 Å². The number of aliphatic hydroxyl groups is 1. The predicted molar refractivity (Wildman–Crippen MR) is 68.8 cm³/mol. The Hall–Kier alpha value is -0.610.